The smallest absolute Gasteiger partial charge is 0.232 e. The van der Waals surface area contributed by atoms with Gasteiger partial charge in [-0.15, -0.1) is 10.2 Å². The zero-order chi connectivity index (χ0) is 22.7. The van der Waals surface area contributed by atoms with E-state index in [0.717, 1.165) is 53.4 Å². The highest BCUT2D eigenvalue weighted by molar-refractivity contribution is 7.99. The summed E-state index contributed by atoms with van der Waals surface area (Å²) in [6.45, 7) is 9.45. The molecule has 1 aromatic carbocycles. The minimum absolute atomic E-state index is 0.105. The van der Waals surface area contributed by atoms with Gasteiger partial charge in [0.1, 0.15) is 0 Å². The van der Waals surface area contributed by atoms with E-state index < -0.39 is 0 Å². The van der Waals surface area contributed by atoms with Gasteiger partial charge in [-0.1, -0.05) is 29.5 Å². The second-order valence-electron chi connectivity index (χ2n) is 8.29. The van der Waals surface area contributed by atoms with Crippen molar-refractivity contribution in [2.45, 2.75) is 45.3 Å². The summed E-state index contributed by atoms with van der Waals surface area (Å²) in [6.07, 6.45) is 2.33. The van der Waals surface area contributed by atoms with Crippen LogP contribution in [0.5, 0.6) is 0 Å². The first-order chi connectivity index (χ1) is 15.5. The number of thioether (sulfide) groups is 1. The molecule has 3 heterocycles. The summed E-state index contributed by atoms with van der Waals surface area (Å²) in [5, 5.41) is 9.72. The minimum atomic E-state index is 0.105. The maximum atomic E-state index is 13.1. The summed E-state index contributed by atoms with van der Waals surface area (Å²) in [5.74, 6) is 1.28. The van der Waals surface area contributed by atoms with Crippen molar-refractivity contribution in [1.29, 1.82) is 0 Å². The molecule has 0 atom stereocenters. The van der Waals surface area contributed by atoms with Crippen molar-refractivity contribution in [3.63, 3.8) is 0 Å². The van der Waals surface area contributed by atoms with Crippen LogP contribution in [0, 0.1) is 20.8 Å². The monoisotopic (exact) mass is 453 g/mol. The van der Waals surface area contributed by atoms with Gasteiger partial charge in [0.15, 0.2) is 10.9 Å². The van der Waals surface area contributed by atoms with E-state index in [1.807, 2.05) is 19.9 Å². The molecule has 0 saturated carbocycles. The third-order valence-electron chi connectivity index (χ3n) is 6.02. The Morgan fingerprint density at radius 1 is 1.09 bits per heavy atom. The number of methoxy groups -OCH3 is 1. The number of carbonyl (C=O) groups excluding carboxylic acids is 1. The molecule has 0 bridgehead atoms. The fourth-order valence-electron chi connectivity index (χ4n) is 4.22. The lowest BCUT2D eigenvalue weighted by Crippen LogP contribution is -2.22. The standard InChI is InChI=1S/C24H31N5O2S/c1-17-7-9-20(10-8-17)29-23(27-11-5-6-12-27)25-26-24(29)32-16-22(30)21-15-18(2)28(19(21)3)13-14-31-4/h7-10,15H,5-6,11-14,16H2,1-4H3. The number of anilines is 1. The van der Waals surface area contributed by atoms with Gasteiger partial charge in [-0.25, -0.2) is 0 Å². The number of benzene rings is 1. The summed E-state index contributed by atoms with van der Waals surface area (Å²) in [7, 11) is 1.69. The van der Waals surface area contributed by atoms with Gasteiger partial charge in [0, 0.05) is 43.7 Å². The molecule has 3 aromatic rings. The SMILES string of the molecule is COCCn1c(C)cc(C(=O)CSc2nnc(N3CCCC3)n2-c2ccc(C)cc2)c1C. The molecular formula is C24H31N5O2S. The normalized spacial score (nSPS) is 13.8. The van der Waals surface area contributed by atoms with Crippen LogP contribution in [0.2, 0.25) is 0 Å². The number of ether oxygens (including phenoxy) is 1. The van der Waals surface area contributed by atoms with Crippen molar-refractivity contribution in [2.24, 2.45) is 0 Å². The van der Waals surface area contributed by atoms with Crippen molar-refractivity contribution in [2.75, 3.05) is 37.5 Å². The van der Waals surface area contributed by atoms with Crippen LogP contribution in [0.25, 0.3) is 5.69 Å². The number of hydrogen-bond donors (Lipinski definition) is 0. The van der Waals surface area contributed by atoms with E-state index >= 15 is 0 Å². The molecule has 0 N–H and O–H groups in total. The van der Waals surface area contributed by atoms with Crippen molar-refractivity contribution in [3.8, 4) is 5.69 Å². The third-order valence-corrected chi connectivity index (χ3v) is 6.95. The van der Waals surface area contributed by atoms with Crippen molar-refractivity contribution >= 4 is 23.5 Å². The number of hydrogen-bond acceptors (Lipinski definition) is 6. The Balaban J connectivity index is 1.57. The maximum Gasteiger partial charge on any atom is 0.232 e. The average molecular weight is 454 g/mol. The molecule has 1 aliphatic rings. The fraction of sp³-hybridized carbons (Fsp3) is 0.458. The lowest BCUT2D eigenvalue weighted by Gasteiger charge is -2.18. The zero-order valence-corrected chi connectivity index (χ0v) is 20.1. The van der Waals surface area contributed by atoms with Gasteiger partial charge in [-0.2, -0.15) is 0 Å². The lowest BCUT2D eigenvalue weighted by atomic mass is 10.2. The number of carbonyl (C=O) groups is 1. The second-order valence-corrected chi connectivity index (χ2v) is 9.23. The molecule has 0 amide bonds. The van der Waals surface area contributed by atoms with E-state index in [4.69, 9.17) is 4.74 Å². The highest BCUT2D eigenvalue weighted by atomic mass is 32.2. The van der Waals surface area contributed by atoms with Crippen LogP contribution in [-0.2, 0) is 11.3 Å². The van der Waals surface area contributed by atoms with Gasteiger partial charge >= 0.3 is 0 Å². The predicted octanol–water partition coefficient (Wildman–Crippen LogP) is 4.22. The van der Waals surface area contributed by atoms with Crippen LogP contribution >= 0.6 is 11.8 Å². The molecule has 1 saturated heterocycles. The van der Waals surface area contributed by atoms with Crippen molar-refractivity contribution in [3.05, 3.63) is 52.8 Å². The Labute approximate surface area is 193 Å². The van der Waals surface area contributed by atoms with Crippen LogP contribution in [0.3, 0.4) is 0 Å². The van der Waals surface area contributed by atoms with Crippen LogP contribution < -0.4 is 4.90 Å². The molecule has 8 heteroatoms. The second kappa shape index (κ2) is 9.92. The summed E-state index contributed by atoms with van der Waals surface area (Å²) >= 11 is 1.45. The van der Waals surface area contributed by atoms with Gasteiger partial charge in [-0.3, -0.25) is 9.36 Å². The van der Waals surface area contributed by atoms with Gasteiger partial charge in [-0.05, 0) is 51.8 Å². The molecule has 7 nitrogen and oxygen atoms in total. The van der Waals surface area contributed by atoms with Crippen LogP contribution in [0.15, 0.2) is 35.5 Å². The number of aromatic nitrogens is 4. The van der Waals surface area contributed by atoms with E-state index in [9.17, 15) is 4.79 Å². The number of ketones is 1. The number of nitrogens with zero attached hydrogens (tertiary/aromatic N) is 5. The zero-order valence-electron chi connectivity index (χ0n) is 19.3. The van der Waals surface area contributed by atoms with Gasteiger partial charge in [0.25, 0.3) is 0 Å². The third kappa shape index (κ3) is 4.61. The summed E-state index contributed by atoms with van der Waals surface area (Å²) < 4.78 is 9.43. The molecule has 0 aliphatic carbocycles. The first-order valence-electron chi connectivity index (χ1n) is 11.1. The molecule has 1 aliphatic heterocycles. The topological polar surface area (TPSA) is 65.2 Å². The first kappa shape index (κ1) is 22.6. The Kier molecular flexibility index (Phi) is 7.01. The number of aryl methyl sites for hydroxylation is 2. The molecule has 0 spiro atoms. The van der Waals surface area contributed by atoms with E-state index in [0.29, 0.717) is 12.4 Å². The van der Waals surface area contributed by atoms with E-state index in [-0.39, 0.29) is 5.78 Å². The molecular weight excluding hydrogens is 422 g/mol. The van der Waals surface area contributed by atoms with Gasteiger partial charge < -0.3 is 14.2 Å². The average Bonchev–Trinajstić information content (AvgIpc) is 3.51. The van der Waals surface area contributed by atoms with Gasteiger partial charge in [0.05, 0.1) is 18.0 Å². The lowest BCUT2D eigenvalue weighted by molar-refractivity contribution is 0.102. The predicted molar refractivity (Wildman–Crippen MR) is 128 cm³/mol. The Hall–Kier alpha value is -2.58. The Morgan fingerprint density at radius 2 is 1.81 bits per heavy atom. The van der Waals surface area contributed by atoms with E-state index in [1.165, 1.54) is 30.2 Å². The molecule has 1 fully saturated rings. The van der Waals surface area contributed by atoms with Crippen LogP contribution in [0.1, 0.15) is 40.2 Å². The van der Waals surface area contributed by atoms with Gasteiger partial charge in [0.2, 0.25) is 5.95 Å². The fourth-order valence-corrected chi connectivity index (χ4v) is 5.05. The van der Waals surface area contributed by atoms with E-state index in [2.05, 4.69) is 55.4 Å². The molecule has 0 unspecified atom stereocenters. The summed E-state index contributed by atoms with van der Waals surface area (Å²) in [5.41, 5.74) is 5.06. The Bertz CT molecular complexity index is 1080. The Morgan fingerprint density at radius 3 is 2.50 bits per heavy atom. The van der Waals surface area contributed by atoms with E-state index in [1.54, 1.807) is 7.11 Å². The maximum absolute atomic E-state index is 13.1. The molecule has 2 aromatic heterocycles. The summed E-state index contributed by atoms with van der Waals surface area (Å²) in [6, 6.07) is 10.4. The minimum Gasteiger partial charge on any atom is -0.383 e. The molecule has 4 rings (SSSR count). The highest BCUT2D eigenvalue weighted by Crippen LogP contribution is 2.29. The quantitative estimate of drug-likeness (QED) is 0.357. The van der Waals surface area contributed by atoms with Crippen molar-refractivity contribution in [1.82, 2.24) is 19.3 Å². The van der Waals surface area contributed by atoms with Crippen LogP contribution in [0.4, 0.5) is 5.95 Å². The first-order valence-corrected chi connectivity index (χ1v) is 12.1. The molecule has 170 valence electrons. The number of Topliss-reactive ketones (excluding diaryl/α,β-unsaturated/α-hetero) is 1. The highest BCUT2D eigenvalue weighted by Gasteiger charge is 2.23. The summed E-state index contributed by atoms with van der Waals surface area (Å²) in [4.78, 5) is 15.4. The van der Waals surface area contributed by atoms with Crippen molar-refractivity contribution < 1.29 is 9.53 Å². The number of rotatable bonds is 9. The largest absolute Gasteiger partial charge is 0.383 e. The molecule has 32 heavy (non-hydrogen) atoms. The van der Waals surface area contributed by atoms with Crippen LogP contribution in [-0.4, -0.2) is 57.7 Å². The molecule has 0 radical (unpaired) electrons.